The number of hydrogen-bond donors (Lipinski definition) is 3. The van der Waals surface area contributed by atoms with Crippen LogP contribution >= 0.6 is 0 Å². The second-order valence-electron chi connectivity index (χ2n) is 7.19. The third kappa shape index (κ3) is 4.61. The van der Waals surface area contributed by atoms with Crippen LogP contribution in [0.4, 0.5) is 10.2 Å². The Morgan fingerprint density at radius 1 is 1.29 bits per heavy atom. The molecule has 0 bridgehead atoms. The molecule has 0 radical (unpaired) electrons. The van der Waals surface area contributed by atoms with Gasteiger partial charge in [0, 0.05) is 37.1 Å². The van der Waals surface area contributed by atoms with Crippen molar-refractivity contribution in [2.24, 2.45) is 12.8 Å². The number of nitrogens with two attached hydrogens (primary N) is 1. The molecule has 3 heterocycles. The van der Waals surface area contributed by atoms with E-state index in [1.54, 1.807) is 29.2 Å². The van der Waals surface area contributed by atoms with Crippen molar-refractivity contribution in [3.05, 3.63) is 83.7 Å². The maximum absolute atomic E-state index is 13.5. The van der Waals surface area contributed by atoms with Crippen LogP contribution in [0.3, 0.4) is 0 Å². The highest BCUT2D eigenvalue weighted by atomic mass is 19.1. The Hall–Kier alpha value is -4.01. The molecule has 1 atom stereocenters. The minimum atomic E-state index is -0.741. The van der Waals surface area contributed by atoms with Crippen LogP contribution in [-0.4, -0.2) is 37.4 Å². The number of rotatable bonds is 8. The maximum Gasteiger partial charge on any atom is 0.231 e. The van der Waals surface area contributed by atoms with E-state index in [0.29, 0.717) is 35.7 Å². The number of amides is 1. The lowest BCUT2D eigenvalue weighted by atomic mass is 9.94. The van der Waals surface area contributed by atoms with Gasteiger partial charge < -0.3 is 11.1 Å². The zero-order valence-electron chi connectivity index (χ0n) is 16.9. The van der Waals surface area contributed by atoms with E-state index in [9.17, 15) is 9.18 Å². The molecule has 1 aromatic carbocycles. The topological polar surface area (TPSA) is 115 Å². The molecule has 0 spiro atoms. The number of hydrogen-bond acceptors (Lipinski definition) is 5. The van der Waals surface area contributed by atoms with Crippen LogP contribution < -0.4 is 11.1 Å². The monoisotopic (exact) mass is 419 g/mol. The van der Waals surface area contributed by atoms with Gasteiger partial charge in [0.1, 0.15) is 17.6 Å². The molecule has 8 nitrogen and oxygen atoms in total. The molecule has 1 amide bonds. The zero-order chi connectivity index (χ0) is 21.8. The van der Waals surface area contributed by atoms with Gasteiger partial charge in [0.25, 0.3) is 0 Å². The second-order valence-corrected chi connectivity index (χ2v) is 7.19. The summed E-state index contributed by atoms with van der Waals surface area (Å²) in [5.41, 5.74) is 9.34. The fourth-order valence-electron chi connectivity index (χ4n) is 3.48. The SMILES string of the molecule is Cn1cc(-c2ccc(C(C(N)=O)c3ccn[nH]3)c(NCCc3cccc(F)c3)n2)cn1. The van der Waals surface area contributed by atoms with Crippen LogP contribution in [0.15, 0.2) is 61.1 Å². The first-order valence-corrected chi connectivity index (χ1v) is 9.78. The summed E-state index contributed by atoms with van der Waals surface area (Å²) < 4.78 is 15.2. The Bertz CT molecular complexity index is 1190. The third-order valence-corrected chi connectivity index (χ3v) is 4.95. The Balaban J connectivity index is 1.67. The number of primary amides is 1. The van der Waals surface area contributed by atoms with Crippen LogP contribution in [0.2, 0.25) is 0 Å². The highest BCUT2D eigenvalue weighted by Gasteiger charge is 2.25. The summed E-state index contributed by atoms with van der Waals surface area (Å²) in [6.07, 6.45) is 5.74. The summed E-state index contributed by atoms with van der Waals surface area (Å²) in [5.74, 6) is -1.01. The molecular weight excluding hydrogens is 397 g/mol. The van der Waals surface area contributed by atoms with E-state index >= 15 is 0 Å². The Morgan fingerprint density at radius 3 is 2.84 bits per heavy atom. The van der Waals surface area contributed by atoms with Crippen LogP contribution in [0.5, 0.6) is 0 Å². The average molecular weight is 419 g/mol. The quantitative estimate of drug-likeness (QED) is 0.406. The first-order valence-electron chi connectivity index (χ1n) is 9.78. The molecule has 31 heavy (non-hydrogen) atoms. The number of H-pyrrole nitrogens is 1. The molecule has 4 N–H and O–H groups in total. The number of carbonyl (C=O) groups excluding carboxylic acids is 1. The number of benzene rings is 1. The van der Waals surface area contributed by atoms with Crippen LogP contribution in [0, 0.1) is 5.82 Å². The molecule has 0 saturated carbocycles. The van der Waals surface area contributed by atoms with Gasteiger partial charge in [-0.3, -0.25) is 14.6 Å². The Morgan fingerprint density at radius 2 is 2.16 bits per heavy atom. The van der Waals surface area contributed by atoms with Gasteiger partial charge in [-0.05, 0) is 36.2 Å². The number of nitrogens with zero attached hydrogens (tertiary/aromatic N) is 4. The molecule has 0 fully saturated rings. The van der Waals surface area contributed by atoms with Crippen molar-refractivity contribution in [2.45, 2.75) is 12.3 Å². The van der Waals surface area contributed by atoms with Gasteiger partial charge in [0.2, 0.25) is 5.91 Å². The van der Waals surface area contributed by atoms with Crippen molar-refractivity contribution in [3.63, 3.8) is 0 Å². The van der Waals surface area contributed by atoms with E-state index in [1.165, 1.54) is 12.1 Å². The smallest absolute Gasteiger partial charge is 0.231 e. The van der Waals surface area contributed by atoms with Gasteiger partial charge in [0.15, 0.2) is 0 Å². The average Bonchev–Trinajstić information content (AvgIpc) is 3.41. The van der Waals surface area contributed by atoms with Gasteiger partial charge in [-0.2, -0.15) is 10.2 Å². The lowest BCUT2D eigenvalue weighted by Gasteiger charge is -2.18. The summed E-state index contributed by atoms with van der Waals surface area (Å²) in [4.78, 5) is 17.0. The van der Waals surface area contributed by atoms with E-state index in [-0.39, 0.29) is 5.82 Å². The molecule has 0 saturated heterocycles. The van der Waals surface area contributed by atoms with Gasteiger partial charge in [-0.25, -0.2) is 9.37 Å². The molecule has 1 unspecified atom stereocenters. The molecular formula is C22H22FN7O. The van der Waals surface area contributed by atoms with Crippen molar-refractivity contribution >= 4 is 11.7 Å². The van der Waals surface area contributed by atoms with E-state index in [0.717, 1.165) is 11.1 Å². The van der Waals surface area contributed by atoms with E-state index in [4.69, 9.17) is 10.7 Å². The normalized spacial score (nSPS) is 11.9. The molecule has 0 aliphatic carbocycles. The van der Waals surface area contributed by atoms with Crippen molar-refractivity contribution in [2.75, 3.05) is 11.9 Å². The molecule has 158 valence electrons. The van der Waals surface area contributed by atoms with Crippen molar-refractivity contribution in [1.29, 1.82) is 0 Å². The van der Waals surface area contributed by atoms with E-state index in [1.807, 2.05) is 31.4 Å². The standard InChI is InChI=1S/C22H22FN7O/c1-30-13-15(12-27-30)18-6-5-17(20(21(24)31)19-8-10-26-29-19)22(28-18)25-9-7-14-3-2-4-16(23)11-14/h2-6,8,10-13,20H,7,9H2,1H3,(H2,24,31)(H,25,28)(H,26,29). The Labute approximate surface area is 178 Å². The minimum absolute atomic E-state index is 0.275. The summed E-state index contributed by atoms with van der Waals surface area (Å²) >= 11 is 0. The third-order valence-electron chi connectivity index (χ3n) is 4.95. The number of pyridine rings is 1. The number of aromatic amines is 1. The molecule has 3 aromatic heterocycles. The minimum Gasteiger partial charge on any atom is -0.369 e. The van der Waals surface area contributed by atoms with Crippen molar-refractivity contribution in [3.8, 4) is 11.3 Å². The number of aromatic nitrogens is 5. The van der Waals surface area contributed by atoms with Crippen molar-refractivity contribution in [1.82, 2.24) is 25.0 Å². The zero-order valence-corrected chi connectivity index (χ0v) is 16.9. The van der Waals surface area contributed by atoms with Gasteiger partial charge in [-0.15, -0.1) is 0 Å². The molecule has 4 aromatic rings. The van der Waals surface area contributed by atoms with Crippen molar-refractivity contribution < 1.29 is 9.18 Å². The second kappa shape index (κ2) is 8.78. The van der Waals surface area contributed by atoms with Crippen LogP contribution in [0.1, 0.15) is 22.7 Å². The number of halogens is 1. The predicted molar refractivity (Wildman–Crippen MR) is 115 cm³/mol. The predicted octanol–water partition coefficient (Wildman–Crippen LogP) is 2.62. The summed E-state index contributed by atoms with van der Waals surface area (Å²) in [7, 11) is 1.83. The highest BCUT2D eigenvalue weighted by Crippen LogP contribution is 2.30. The van der Waals surface area contributed by atoms with E-state index in [2.05, 4.69) is 20.6 Å². The fourth-order valence-corrected chi connectivity index (χ4v) is 3.48. The van der Waals surface area contributed by atoms with Gasteiger partial charge in [-0.1, -0.05) is 18.2 Å². The summed E-state index contributed by atoms with van der Waals surface area (Å²) in [5, 5.41) is 14.2. The molecule has 4 rings (SSSR count). The number of aryl methyl sites for hydroxylation is 1. The maximum atomic E-state index is 13.5. The largest absolute Gasteiger partial charge is 0.369 e. The Kier molecular flexibility index (Phi) is 5.74. The van der Waals surface area contributed by atoms with Crippen LogP contribution in [-0.2, 0) is 18.3 Å². The van der Waals surface area contributed by atoms with Gasteiger partial charge in [0.05, 0.1) is 17.6 Å². The lowest BCUT2D eigenvalue weighted by molar-refractivity contribution is -0.118. The summed E-state index contributed by atoms with van der Waals surface area (Å²) in [6, 6.07) is 11.8. The first kappa shape index (κ1) is 20.3. The lowest BCUT2D eigenvalue weighted by Crippen LogP contribution is -2.24. The number of carbonyl (C=O) groups is 1. The highest BCUT2D eigenvalue weighted by molar-refractivity contribution is 5.87. The first-order chi connectivity index (χ1) is 15.0. The molecule has 0 aliphatic rings. The fraction of sp³-hybridized carbons (Fsp3) is 0.182. The molecule has 9 heteroatoms. The summed E-state index contributed by atoms with van der Waals surface area (Å²) in [6.45, 7) is 0.494. The van der Waals surface area contributed by atoms with E-state index < -0.39 is 11.8 Å². The molecule has 0 aliphatic heterocycles. The van der Waals surface area contributed by atoms with Crippen LogP contribution in [0.25, 0.3) is 11.3 Å². The number of anilines is 1. The van der Waals surface area contributed by atoms with Gasteiger partial charge >= 0.3 is 0 Å². The number of nitrogens with one attached hydrogen (secondary N) is 2.